The van der Waals surface area contributed by atoms with Gasteiger partial charge in [-0.2, -0.15) is 5.10 Å². The van der Waals surface area contributed by atoms with Crippen LogP contribution in [0.4, 0.5) is 0 Å². The smallest absolute Gasteiger partial charge is 0.335 e. The average molecular weight is 272 g/mol. The lowest BCUT2D eigenvalue weighted by molar-refractivity contribution is 0.0697. The number of carbonyl (C=O) groups is 1. The molecule has 2 N–H and O–H groups in total. The summed E-state index contributed by atoms with van der Waals surface area (Å²) in [6.45, 7) is 0.343. The number of nitrogens with one attached hydrogen (secondary N) is 1. The number of H-pyrrole nitrogens is 1. The van der Waals surface area contributed by atoms with Crippen molar-refractivity contribution in [2.45, 2.75) is 6.54 Å². The average Bonchev–Trinajstić information content (AvgIpc) is 2.94. The third kappa shape index (κ3) is 1.99. The summed E-state index contributed by atoms with van der Waals surface area (Å²) in [6, 6.07) is 4.56. The molecule has 2 heterocycles. The first-order valence-electron chi connectivity index (χ1n) is 5.98. The maximum Gasteiger partial charge on any atom is 0.335 e. The van der Waals surface area contributed by atoms with E-state index in [1.807, 2.05) is 6.20 Å². The van der Waals surface area contributed by atoms with Crippen LogP contribution in [0.1, 0.15) is 15.9 Å². The van der Waals surface area contributed by atoms with E-state index in [0.29, 0.717) is 17.6 Å². The second-order valence-corrected chi connectivity index (χ2v) is 4.58. The van der Waals surface area contributed by atoms with E-state index in [1.54, 1.807) is 24.0 Å². The van der Waals surface area contributed by atoms with Gasteiger partial charge < -0.3 is 10.1 Å². The molecule has 3 rings (SSSR count). The highest BCUT2D eigenvalue weighted by molar-refractivity contribution is 5.92. The van der Waals surface area contributed by atoms with E-state index in [-0.39, 0.29) is 11.3 Å². The second-order valence-electron chi connectivity index (χ2n) is 4.58. The summed E-state index contributed by atoms with van der Waals surface area (Å²) in [6.07, 6.45) is 3.48. The lowest BCUT2D eigenvalue weighted by Crippen LogP contribution is -2.17. The van der Waals surface area contributed by atoms with Crippen LogP contribution in [-0.4, -0.2) is 30.4 Å². The number of hydrogen-bond acceptors (Lipinski definition) is 3. The third-order valence-electron chi connectivity index (χ3n) is 3.12. The number of aryl methyl sites for hydroxylation is 1. The topological polar surface area (TPSA) is 92.9 Å². The molecule has 102 valence electrons. The molecule has 0 unspecified atom stereocenters. The van der Waals surface area contributed by atoms with Gasteiger partial charge in [0.15, 0.2) is 0 Å². The molecule has 0 spiro atoms. The van der Waals surface area contributed by atoms with Gasteiger partial charge in [0.2, 0.25) is 0 Å². The third-order valence-corrected chi connectivity index (χ3v) is 3.12. The zero-order valence-corrected chi connectivity index (χ0v) is 10.7. The number of carboxylic acids is 1. The summed E-state index contributed by atoms with van der Waals surface area (Å²) >= 11 is 0. The highest BCUT2D eigenvalue weighted by Crippen LogP contribution is 2.14. The highest BCUT2D eigenvalue weighted by atomic mass is 16.4. The van der Waals surface area contributed by atoms with Gasteiger partial charge in [-0.1, -0.05) is 0 Å². The molecule has 20 heavy (non-hydrogen) atoms. The largest absolute Gasteiger partial charge is 0.478 e. The highest BCUT2D eigenvalue weighted by Gasteiger charge is 2.11. The van der Waals surface area contributed by atoms with Gasteiger partial charge >= 0.3 is 11.7 Å². The first kappa shape index (κ1) is 12.2. The quantitative estimate of drug-likeness (QED) is 0.738. The van der Waals surface area contributed by atoms with Crippen LogP contribution in [0, 0.1) is 0 Å². The molecule has 0 atom stereocenters. The number of benzene rings is 1. The van der Waals surface area contributed by atoms with Crippen molar-refractivity contribution in [3.8, 4) is 0 Å². The van der Waals surface area contributed by atoms with E-state index in [4.69, 9.17) is 5.11 Å². The summed E-state index contributed by atoms with van der Waals surface area (Å²) in [5.74, 6) is -1.02. The molecule has 0 aliphatic heterocycles. The van der Waals surface area contributed by atoms with Crippen molar-refractivity contribution in [2.24, 2.45) is 7.05 Å². The number of hydrogen-bond donors (Lipinski definition) is 2. The van der Waals surface area contributed by atoms with Crippen LogP contribution in [0.2, 0.25) is 0 Å². The summed E-state index contributed by atoms with van der Waals surface area (Å²) in [5, 5.41) is 13.1. The van der Waals surface area contributed by atoms with E-state index in [2.05, 4.69) is 10.1 Å². The van der Waals surface area contributed by atoms with E-state index in [9.17, 15) is 9.59 Å². The Morgan fingerprint density at radius 2 is 2.25 bits per heavy atom. The van der Waals surface area contributed by atoms with Crippen molar-refractivity contribution < 1.29 is 9.90 Å². The molecule has 0 amide bonds. The van der Waals surface area contributed by atoms with Crippen molar-refractivity contribution in [2.75, 3.05) is 0 Å². The van der Waals surface area contributed by atoms with Gasteiger partial charge in [-0.3, -0.25) is 9.25 Å². The molecule has 2 aromatic heterocycles. The van der Waals surface area contributed by atoms with E-state index in [0.717, 1.165) is 5.56 Å². The fourth-order valence-corrected chi connectivity index (χ4v) is 2.18. The Balaban J connectivity index is 2.13. The number of aromatic carboxylic acids is 1. The number of aromatic amines is 1. The van der Waals surface area contributed by atoms with Gasteiger partial charge in [0.1, 0.15) is 0 Å². The van der Waals surface area contributed by atoms with E-state index in [1.165, 1.54) is 16.7 Å². The van der Waals surface area contributed by atoms with E-state index >= 15 is 0 Å². The minimum Gasteiger partial charge on any atom is -0.478 e. The minimum absolute atomic E-state index is 0.149. The standard InChI is InChI=1S/C13H12N4O3/c1-16-6-8(5-14-16)7-17-11-4-9(12(18)19)2-3-10(11)15-13(17)20/h2-6H,7H2,1H3,(H,15,20)(H,18,19). The van der Waals surface area contributed by atoms with Gasteiger partial charge in [-0.25, -0.2) is 9.59 Å². The van der Waals surface area contributed by atoms with Crippen molar-refractivity contribution in [1.82, 2.24) is 19.3 Å². The lowest BCUT2D eigenvalue weighted by atomic mass is 10.2. The van der Waals surface area contributed by atoms with Crippen LogP contribution in [0.15, 0.2) is 35.4 Å². The monoisotopic (exact) mass is 272 g/mol. The number of fused-ring (bicyclic) bond motifs is 1. The van der Waals surface area contributed by atoms with Gasteiger partial charge in [0.05, 0.1) is 29.3 Å². The molecule has 7 heteroatoms. The number of nitrogens with zero attached hydrogens (tertiary/aromatic N) is 3. The molecule has 1 aromatic carbocycles. The molecule has 0 aliphatic rings. The van der Waals surface area contributed by atoms with Crippen molar-refractivity contribution in [1.29, 1.82) is 0 Å². The first-order chi connectivity index (χ1) is 9.54. The molecule has 7 nitrogen and oxygen atoms in total. The SMILES string of the molecule is Cn1cc(Cn2c(=O)[nH]c3ccc(C(=O)O)cc32)cn1. The number of aromatic nitrogens is 4. The number of carboxylic acid groups (broad SMARTS) is 1. The Labute approximate surface area is 113 Å². The van der Waals surface area contributed by atoms with Crippen molar-refractivity contribution in [3.05, 3.63) is 52.2 Å². The van der Waals surface area contributed by atoms with Gasteiger partial charge in [0, 0.05) is 18.8 Å². The Morgan fingerprint density at radius 1 is 1.45 bits per heavy atom. The van der Waals surface area contributed by atoms with Crippen LogP contribution in [0.3, 0.4) is 0 Å². The molecule has 0 fully saturated rings. The molecule has 0 radical (unpaired) electrons. The predicted octanol–water partition coefficient (Wildman–Crippen LogP) is 0.810. The molecule has 3 aromatic rings. The van der Waals surface area contributed by atoms with Crippen LogP contribution in [0.5, 0.6) is 0 Å². The van der Waals surface area contributed by atoms with Crippen LogP contribution in [0.25, 0.3) is 11.0 Å². The molecule has 0 bridgehead atoms. The van der Waals surface area contributed by atoms with Crippen LogP contribution >= 0.6 is 0 Å². The van der Waals surface area contributed by atoms with Crippen molar-refractivity contribution >= 4 is 17.0 Å². The Morgan fingerprint density at radius 3 is 2.90 bits per heavy atom. The van der Waals surface area contributed by atoms with Gasteiger partial charge in [-0.05, 0) is 18.2 Å². The maximum absolute atomic E-state index is 12.0. The summed E-state index contributed by atoms with van der Waals surface area (Å²) in [4.78, 5) is 25.7. The summed E-state index contributed by atoms with van der Waals surface area (Å²) in [7, 11) is 1.80. The second kappa shape index (κ2) is 4.37. The molecule has 0 aliphatic carbocycles. The molecule has 0 saturated carbocycles. The zero-order chi connectivity index (χ0) is 14.3. The fraction of sp³-hybridized carbons (Fsp3) is 0.154. The van der Waals surface area contributed by atoms with Crippen LogP contribution < -0.4 is 5.69 Å². The summed E-state index contributed by atoms with van der Waals surface area (Å²) < 4.78 is 3.15. The Kier molecular flexibility index (Phi) is 2.67. The van der Waals surface area contributed by atoms with Gasteiger partial charge in [0.25, 0.3) is 0 Å². The Bertz CT molecular complexity index is 856. The normalized spacial score (nSPS) is 11.1. The minimum atomic E-state index is -1.02. The van der Waals surface area contributed by atoms with Gasteiger partial charge in [-0.15, -0.1) is 0 Å². The number of rotatable bonds is 3. The molecular formula is C13H12N4O3. The van der Waals surface area contributed by atoms with Crippen molar-refractivity contribution in [3.63, 3.8) is 0 Å². The molecular weight excluding hydrogens is 260 g/mol. The zero-order valence-electron chi connectivity index (χ0n) is 10.7. The summed E-state index contributed by atoms with van der Waals surface area (Å²) in [5.41, 5.74) is 1.93. The predicted molar refractivity (Wildman–Crippen MR) is 71.8 cm³/mol. The van der Waals surface area contributed by atoms with Crippen LogP contribution in [-0.2, 0) is 13.6 Å². The Hall–Kier alpha value is -2.83. The lowest BCUT2D eigenvalue weighted by Gasteiger charge is -2.01. The fourth-order valence-electron chi connectivity index (χ4n) is 2.18. The molecule has 0 saturated heterocycles. The van der Waals surface area contributed by atoms with E-state index < -0.39 is 5.97 Å². The number of imidazole rings is 1. The maximum atomic E-state index is 12.0. The first-order valence-corrected chi connectivity index (χ1v) is 5.98.